The van der Waals surface area contributed by atoms with Crippen molar-refractivity contribution in [3.05, 3.63) is 54.9 Å². The Morgan fingerprint density at radius 3 is 2.09 bits per heavy atom. The van der Waals surface area contributed by atoms with E-state index in [0.717, 1.165) is 48.7 Å². The lowest BCUT2D eigenvalue weighted by atomic mass is 10.1. The SMILES string of the molecule is C=CCCCCCCCCOc1ccc(-c2nccc(CCCCCCCCCC)n2)cc1. The van der Waals surface area contributed by atoms with Crippen molar-refractivity contribution in [1.29, 1.82) is 0 Å². The number of benzene rings is 1. The molecule has 3 nitrogen and oxygen atoms in total. The summed E-state index contributed by atoms with van der Waals surface area (Å²) in [5, 5.41) is 0. The van der Waals surface area contributed by atoms with Crippen molar-refractivity contribution >= 4 is 0 Å². The van der Waals surface area contributed by atoms with Crippen molar-refractivity contribution in [2.24, 2.45) is 0 Å². The lowest BCUT2D eigenvalue weighted by molar-refractivity contribution is 0.304. The average molecular weight is 451 g/mol. The summed E-state index contributed by atoms with van der Waals surface area (Å²) in [5.41, 5.74) is 2.20. The standard InChI is InChI=1S/C30H46N2O/c1-3-5-7-9-11-13-15-17-19-28-24-25-31-30(32-28)27-20-22-29(23-21-27)33-26-18-16-14-12-10-8-6-4-2/h4,20-25H,2-3,5-19,26H2,1H3. The van der Waals surface area contributed by atoms with Crippen molar-refractivity contribution in [3.63, 3.8) is 0 Å². The predicted molar refractivity (Wildman–Crippen MR) is 142 cm³/mol. The molecule has 0 saturated heterocycles. The number of hydrogen-bond acceptors (Lipinski definition) is 3. The van der Waals surface area contributed by atoms with E-state index in [-0.39, 0.29) is 0 Å². The minimum atomic E-state index is 0.788. The molecule has 182 valence electrons. The van der Waals surface area contributed by atoms with Crippen LogP contribution in [-0.4, -0.2) is 16.6 Å². The minimum Gasteiger partial charge on any atom is -0.494 e. The largest absolute Gasteiger partial charge is 0.494 e. The second kappa shape index (κ2) is 18.3. The van der Waals surface area contributed by atoms with Crippen LogP contribution in [0.15, 0.2) is 49.2 Å². The van der Waals surface area contributed by atoms with Crippen LogP contribution >= 0.6 is 0 Å². The molecular formula is C30H46N2O. The molecule has 1 heterocycles. The number of ether oxygens (including phenoxy) is 1. The Morgan fingerprint density at radius 1 is 0.758 bits per heavy atom. The van der Waals surface area contributed by atoms with Crippen molar-refractivity contribution in [2.45, 2.75) is 110 Å². The zero-order valence-electron chi connectivity index (χ0n) is 21.1. The molecule has 0 aliphatic carbocycles. The zero-order chi connectivity index (χ0) is 23.4. The second-order valence-corrected chi connectivity index (χ2v) is 9.17. The molecule has 0 saturated carbocycles. The molecule has 0 spiro atoms. The fraction of sp³-hybridized carbons (Fsp3) is 0.600. The van der Waals surface area contributed by atoms with E-state index in [1.54, 1.807) is 0 Å². The Morgan fingerprint density at radius 2 is 1.39 bits per heavy atom. The van der Waals surface area contributed by atoms with Crippen LogP contribution in [0.5, 0.6) is 5.75 Å². The van der Waals surface area contributed by atoms with Crippen molar-refractivity contribution in [2.75, 3.05) is 6.61 Å². The van der Waals surface area contributed by atoms with E-state index in [1.807, 2.05) is 24.4 Å². The normalized spacial score (nSPS) is 10.9. The Labute approximate surface area is 203 Å². The quantitative estimate of drug-likeness (QED) is 0.149. The molecule has 0 radical (unpaired) electrons. The fourth-order valence-corrected chi connectivity index (χ4v) is 4.10. The summed E-state index contributed by atoms with van der Waals surface area (Å²) >= 11 is 0. The van der Waals surface area contributed by atoms with Gasteiger partial charge in [-0.3, -0.25) is 0 Å². The maximum absolute atomic E-state index is 5.92. The van der Waals surface area contributed by atoms with E-state index >= 15 is 0 Å². The van der Waals surface area contributed by atoms with E-state index in [4.69, 9.17) is 9.72 Å². The van der Waals surface area contributed by atoms with Gasteiger partial charge < -0.3 is 4.74 Å². The number of rotatable bonds is 20. The maximum atomic E-state index is 5.92. The highest BCUT2D eigenvalue weighted by molar-refractivity contribution is 5.56. The van der Waals surface area contributed by atoms with Crippen LogP contribution in [0, 0.1) is 0 Å². The molecule has 33 heavy (non-hydrogen) atoms. The molecule has 0 fully saturated rings. The fourth-order valence-electron chi connectivity index (χ4n) is 4.10. The molecule has 2 aromatic rings. The third kappa shape index (κ3) is 12.6. The first-order valence-electron chi connectivity index (χ1n) is 13.5. The Hall–Kier alpha value is -2.16. The first-order valence-corrected chi connectivity index (χ1v) is 13.5. The lowest BCUT2D eigenvalue weighted by Crippen LogP contribution is -1.98. The monoisotopic (exact) mass is 450 g/mol. The summed E-state index contributed by atoms with van der Waals surface area (Å²) in [6.07, 6.45) is 24.4. The van der Waals surface area contributed by atoms with Gasteiger partial charge in [-0.2, -0.15) is 0 Å². The van der Waals surface area contributed by atoms with Crippen LogP contribution in [0.2, 0.25) is 0 Å². The highest BCUT2D eigenvalue weighted by atomic mass is 16.5. The topological polar surface area (TPSA) is 35.0 Å². The van der Waals surface area contributed by atoms with Crippen LogP contribution in [-0.2, 0) is 6.42 Å². The van der Waals surface area contributed by atoms with E-state index in [2.05, 4.69) is 36.7 Å². The lowest BCUT2D eigenvalue weighted by Gasteiger charge is -2.08. The molecule has 0 amide bonds. The summed E-state index contributed by atoms with van der Waals surface area (Å²) in [4.78, 5) is 9.29. The average Bonchev–Trinajstić information content (AvgIpc) is 2.85. The van der Waals surface area contributed by atoms with Gasteiger partial charge >= 0.3 is 0 Å². The molecule has 1 aromatic carbocycles. The maximum Gasteiger partial charge on any atom is 0.159 e. The molecule has 3 heteroatoms. The van der Waals surface area contributed by atoms with Crippen LogP contribution in [0.3, 0.4) is 0 Å². The van der Waals surface area contributed by atoms with E-state index in [1.165, 1.54) is 83.5 Å². The molecule has 0 aliphatic rings. The number of hydrogen-bond donors (Lipinski definition) is 0. The smallest absolute Gasteiger partial charge is 0.159 e. The molecule has 0 N–H and O–H groups in total. The highest BCUT2D eigenvalue weighted by Gasteiger charge is 2.04. The van der Waals surface area contributed by atoms with Gasteiger partial charge in [0.2, 0.25) is 0 Å². The van der Waals surface area contributed by atoms with Crippen molar-refractivity contribution in [3.8, 4) is 17.1 Å². The molecule has 1 aromatic heterocycles. The summed E-state index contributed by atoms with van der Waals surface area (Å²) in [5.74, 6) is 1.75. The summed E-state index contributed by atoms with van der Waals surface area (Å²) in [6.45, 7) is 6.84. The minimum absolute atomic E-state index is 0.788. The summed E-state index contributed by atoms with van der Waals surface area (Å²) in [6, 6.07) is 10.3. The Bertz CT molecular complexity index is 741. The molecule has 0 bridgehead atoms. The summed E-state index contributed by atoms with van der Waals surface area (Å²) in [7, 11) is 0. The Kier molecular flexibility index (Phi) is 15.0. The molecule has 0 unspecified atom stereocenters. The van der Waals surface area contributed by atoms with Gasteiger partial charge in [0, 0.05) is 17.5 Å². The third-order valence-electron chi connectivity index (χ3n) is 6.18. The van der Waals surface area contributed by atoms with Gasteiger partial charge in [0.25, 0.3) is 0 Å². The molecular weight excluding hydrogens is 404 g/mol. The van der Waals surface area contributed by atoms with Gasteiger partial charge in [0.1, 0.15) is 5.75 Å². The van der Waals surface area contributed by atoms with Crippen LogP contribution in [0.25, 0.3) is 11.4 Å². The molecule has 0 aliphatic heterocycles. The van der Waals surface area contributed by atoms with E-state index in [9.17, 15) is 0 Å². The number of unbranched alkanes of at least 4 members (excludes halogenated alkanes) is 13. The molecule has 2 rings (SSSR count). The van der Waals surface area contributed by atoms with Gasteiger partial charge in [0.05, 0.1) is 6.61 Å². The Balaban J connectivity index is 1.63. The number of allylic oxidation sites excluding steroid dienone is 1. The number of aromatic nitrogens is 2. The number of nitrogens with zero attached hydrogens (tertiary/aromatic N) is 2. The predicted octanol–water partition coefficient (Wildman–Crippen LogP) is 9.12. The van der Waals surface area contributed by atoms with Crippen molar-refractivity contribution in [1.82, 2.24) is 9.97 Å². The van der Waals surface area contributed by atoms with Gasteiger partial charge in [0.15, 0.2) is 5.82 Å². The van der Waals surface area contributed by atoms with Crippen LogP contribution in [0.4, 0.5) is 0 Å². The van der Waals surface area contributed by atoms with Crippen LogP contribution < -0.4 is 4.74 Å². The van der Waals surface area contributed by atoms with Gasteiger partial charge in [-0.05, 0) is 62.4 Å². The van der Waals surface area contributed by atoms with Gasteiger partial charge in [-0.25, -0.2) is 9.97 Å². The third-order valence-corrected chi connectivity index (χ3v) is 6.18. The van der Waals surface area contributed by atoms with Crippen molar-refractivity contribution < 1.29 is 4.74 Å². The van der Waals surface area contributed by atoms with E-state index in [0.29, 0.717) is 0 Å². The first kappa shape index (κ1) is 27.1. The summed E-state index contributed by atoms with van der Waals surface area (Å²) < 4.78 is 5.92. The zero-order valence-corrected chi connectivity index (χ0v) is 21.1. The van der Waals surface area contributed by atoms with E-state index < -0.39 is 0 Å². The first-order chi connectivity index (χ1) is 16.3. The highest BCUT2D eigenvalue weighted by Crippen LogP contribution is 2.20. The van der Waals surface area contributed by atoms with Crippen LogP contribution in [0.1, 0.15) is 109 Å². The van der Waals surface area contributed by atoms with Gasteiger partial charge in [-0.15, -0.1) is 6.58 Å². The van der Waals surface area contributed by atoms with Gasteiger partial charge in [-0.1, -0.05) is 83.6 Å². The molecule has 0 atom stereocenters. The second-order valence-electron chi connectivity index (χ2n) is 9.17. The number of aryl methyl sites for hydroxylation is 1.